The monoisotopic (exact) mass is 290 g/mol. The minimum Gasteiger partial charge on any atom is -0.366 e. The maximum atomic E-state index is 11.1. The molecule has 3 N–H and O–H groups in total. The maximum Gasteiger partial charge on any atom is 0.250 e. The van der Waals surface area contributed by atoms with Gasteiger partial charge in [-0.15, -0.1) is 0 Å². The molecule has 5 heteroatoms. The lowest BCUT2D eigenvalue weighted by atomic mass is 9.90. The second-order valence-corrected chi connectivity index (χ2v) is 5.84. The van der Waals surface area contributed by atoms with Crippen molar-refractivity contribution in [2.75, 3.05) is 18.5 Å². The van der Waals surface area contributed by atoms with E-state index in [9.17, 15) is 4.79 Å². The second-order valence-electron chi connectivity index (χ2n) is 5.84. The van der Waals surface area contributed by atoms with E-state index in [1.807, 2.05) is 6.07 Å². The number of rotatable bonds is 6. The van der Waals surface area contributed by atoms with Gasteiger partial charge in [0.2, 0.25) is 5.91 Å². The SMILES string of the molecule is CCCNC1CCC(N(C)c2ccc(C(N)=O)cn2)CC1. The third kappa shape index (κ3) is 4.17. The Morgan fingerprint density at radius 2 is 2.10 bits per heavy atom. The number of nitrogens with one attached hydrogen (secondary N) is 1. The van der Waals surface area contributed by atoms with Crippen LogP contribution in [0.5, 0.6) is 0 Å². The molecule has 1 saturated carbocycles. The Labute approximate surface area is 126 Å². The first-order chi connectivity index (χ1) is 10.1. The first-order valence-corrected chi connectivity index (χ1v) is 7.84. The number of primary amides is 1. The number of hydrogen-bond donors (Lipinski definition) is 2. The molecule has 116 valence electrons. The number of pyridine rings is 1. The molecule has 1 aliphatic rings. The molecule has 1 amide bonds. The summed E-state index contributed by atoms with van der Waals surface area (Å²) in [7, 11) is 2.08. The van der Waals surface area contributed by atoms with Gasteiger partial charge in [0, 0.05) is 25.3 Å². The van der Waals surface area contributed by atoms with Crippen LogP contribution in [0.1, 0.15) is 49.4 Å². The number of nitrogens with zero attached hydrogens (tertiary/aromatic N) is 2. The minimum atomic E-state index is -0.431. The van der Waals surface area contributed by atoms with Crippen molar-refractivity contribution in [1.29, 1.82) is 0 Å². The van der Waals surface area contributed by atoms with Crippen molar-refractivity contribution in [1.82, 2.24) is 10.3 Å². The third-order valence-corrected chi connectivity index (χ3v) is 4.32. The lowest BCUT2D eigenvalue weighted by Gasteiger charge is -2.35. The van der Waals surface area contributed by atoms with E-state index in [2.05, 4.69) is 29.2 Å². The van der Waals surface area contributed by atoms with Crippen molar-refractivity contribution in [3.63, 3.8) is 0 Å². The molecule has 1 fully saturated rings. The van der Waals surface area contributed by atoms with Gasteiger partial charge in [0.1, 0.15) is 5.82 Å². The molecule has 2 rings (SSSR count). The fraction of sp³-hybridized carbons (Fsp3) is 0.625. The standard InChI is InChI=1S/C16H26N4O/c1-3-10-18-13-5-7-14(8-6-13)20(2)15-9-4-12(11-19-15)16(17)21/h4,9,11,13-14,18H,3,5-8,10H2,1-2H3,(H2,17,21). The van der Waals surface area contributed by atoms with E-state index in [0.29, 0.717) is 17.6 Å². The Balaban J connectivity index is 1.89. The summed E-state index contributed by atoms with van der Waals surface area (Å²) in [6.45, 7) is 3.31. The average molecular weight is 290 g/mol. The summed E-state index contributed by atoms with van der Waals surface area (Å²) in [5, 5.41) is 3.60. The van der Waals surface area contributed by atoms with Gasteiger partial charge >= 0.3 is 0 Å². The van der Waals surface area contributed by atoms with E-state index in [0.717, 1.165) is 12.4 Å². The van der Waals surface area contributed by atoms with Crippen molar-refractivity contribution in [3.05, 3.63) is 23.9 Å². The smallest absolute Gasteiger partial charge is 0.250 e. The highest BCUT2D eigenvalue weighted by Gasteiger charge is 2.24. The normalized spacial score (nSPS) is 22.0. The van der Waals surface area contributed by atoms with Gasteiger partial charge in [-0.25, -0.2) is 4.98 Å². The molecular formula is C16H26N4O. The Bertz CT molecular complexity index is 452. The molecule has 0 aliphatic heterocycles. The summed E-state index contributed by atoms with van der Waals surface area (Å²) >= 11 is 0. The van der Waals surface area contributed by atoms with Gasteiger partial charge in [0.15, 0.2) is 0 Å². The Kier molecular flexibility index (Phi) is 5.56. The van der Waals surface area contributed by atoms with E-state index in [-0.39, 0.29) is 0 Å². The number of anilines is 1. The highest BCUT2D eigenvalue weighted by molar-refractivity contribution is 5.92. The molecular weight excluding hydrogens is 264 g/mol. The maximum absolute atomic E-state index is 11.1. The highest BCUT2D eigenvalue weighted by atomic mass is 16.1. The van der Waals surface area contributed by atoms with E-state index < -0.39 is 5.91 Å². The molecule has 0 bridgehead atoms. The largest absolute Gasteiger partial charge is 0.366 e. The lowest BCUT2D eigenvalue weighted by molar-refractivity contribution is 0.1000. The molecule has 0 aromatic carbocycles. The van der Waals surface area contributed by atoms with E-state index in [1.165, 1.54) is 32.1 Å². The van der Waals surface area contributed by atoms with Gasteiger partial charge in [-0.05, 0) is 50.8 Å². The van der Waals surface area contributed by atoms with Crippen LogP contribution in [-0.2, 0) is 0 Å². The topological polar surface area (TPSA) is 71.2 Å². The average Bonchev–Trinajstić information content (AvgIpc) is 2.53. The van der Waals surface area contributed by atoms with Crippen molar-refractivity contribution < 1.29 is 4.79 Å². The summed E-state index contributed by atoms with van der Waals surface area (Å²) in [6.07, 6.45) is 7.54. The van der Waals surface area contributed by atoms with Crippen LogP contribution in [0, 0.1) is 0 Å². The molecule has 21 heavy (non-hydrogen) atoms. The number of hydrogen-bond acceptors (Lipinski definition) is 4. The fourth-order valence-corrected chi connectivity index (χ4v) is 2.94. The molecule has 0 spiro atoms. The van der Waals surface area contributed by atoms with Gasteiger partial charge < -0.3 is 16.0 Å². The van der Waals surface area contributed by atoms with Crippen LogP contribution in [0.4, 0.5) is 5.82 Å². The van der Waals surface area contributed by atoms with Crippen molar-refractivity contribution >= 4 is 11.7 Å². The highest BCUT2D eigenvalue weighted by Crippen LogP contribution is 2.25. The first kappa shape index (κ1) is 15.8. The molecule has 0 unspecified atom stereocenters. The van der Waals surface area contributed by atoms with Crippen LogP contribution >= 0.6 is 0 Å². The van der Waals surface area contributed by atoms with Crippen LogP contribution in [0.3, 0.4) is 0 Å². The van der Waals surface area contributed by atoms with Gasteiger partial charge in [-0.1, -0.05) is 6.92 Å². The summed E-state index contributed by atoms with van der Waals surface area (Å²) in [6, 6.07) is 4.81. The molecule has 0 saturated heterocycles. The Morgan fingerprint density at radius 3 is 2.62 bits per heavy atom. The number of carbonyl (C=O) groups excluding carboxylic acids is 1. The summed E-state index contributed by atoms with van der Waals surface area (Å²) in [5.74, 6) is 0.476. The van der Waals surface area contributed by atoms with Gasteiger partial charge in [-0.3, -0.25) is 4.79 Å². The van der Waals surface area contributed by atoms with Gasteiger partial charge in [0.05, 0.1) is 5.56 Å². The quantitative estimate of drug-likeness (QED) is 0.840. The van der Waals surface area contributed by atoms with Crippen LogP contribution in [0.15, 0.2) is 18.3 Å². The molecule has 1 aliphatic carbocycles. The van der Waals surface area contributed by atoms with E-state index in [1.54, 1.807) is 12.3 Å². The van der Waals surface area contributed by atoms with Crippen LogP contribution in [-0.4, -0.2) is 36.6 Å². The molecule has 1 aromatic rings. The Hall–Kier alpha value is -1.62. The van der Waals surface area contributed by atoms with Crippen LogP contribution in [0.2, 0.25) is 0 Å². The third-order valence-electron chi connectivity index (χ3n) is 4.32. The molecule has 1 aromatic heterocycles. The zero-order valence-corrected chi connectivity index (χ0v) is 13.0. The van der Waals surface area contributed by atoms with Crippen LogP contribution < -0.4 is 16.0 Å². The number of amides is 1. The van der Waals surface area contributed by atoms with Gasteiger partial charge in [0.25, 0.3) is 0 Å². The number of carbonyl (C=O) groups is 1. The molecule has 0 radical (unpaired) electrons. The fourth-order valence-electron chi connectivity index (χ4n) is 2.94. The van der Waals surface area contributed by atoms with Crippen molar-refractivity contribution in [3.8, 4) is 0 Å². The van der Waals surface area contributed by atoms with Crippen LogP contribution in [0.25, 0.3) is 0 Å². The summed E-state index contributed by atoms with van der Waals surface area (Å²) < 4.78 is 0. The van der Waals surface area contributed by atoms with E-state index >= 15 is 0 Å². The molecule has 5 nitrogen and oxygen atoms in total. The summed E-state index contributed by atoms with van der Waals surface area (Å²) in [5.41, 5.74) is 5.70. The number of nitrogens with two attached hydrogens (primary N) is 1. The minimum absolute atomic E-state index is 0.431. The second kappa shape index (κ2) is 7.41. The zero-order chi connectivity index (χ0) is 15.2. The lowest BCUT2D eigenvalue weighted by Crippen LogP contribution is -2.41. The van der Waals surface area contributed by atoms with Crippen molar-refractivity contribution in [2.24, 2.45) is 5.73 Å². The number of aromatic nitrogens is 1. The predicted octanol–water partition coefficient (Wildman–Crippen LogP) is 1.93. The van der Waals surface area contributed by atoms with Crippen molar-refractivity contribution in [2.45, 2.75) is 51.1 Å². The molecule has 1 heterocycles. The van der Waals surface area contributed by atoms with E-state index in [4.69, 9.17) is 5.73 Å². The summed E-state index contributed by atoms with van der Waals surface area (Å²) in [4.78, 5) is 17.6. The molecule has 0 atom stereocenters. The zero-order valence-electron chi connectivity index (χ0n) is 13.0. The first-order valence-electron chi connectivity index (χ1n) is 7.84. The predicted molar refractivity (Wildman–Crippen MR) is 85.5 cm³/mol. The Morgan fingerprint density at radius 1 is 1.38 bits per heavy atom. The van der Waals surface area contributed by atoms with Gasteiger partial charge in [-0.2, -0.15) is 0 Å².